The molecule has 0 aliphatic heterocycles. The fourth-order valence-corrected chi connectivity index (χ4v) is 10.6. The maximum absolute atomic E-state index is 13.7. The Bertz CT molecular complexity index is 3040. The number of nitrogens with zero attached hydrogens (tertiary/aromatic N) is 3. The first kappa shape index (κ1) is 58.7. The molecule has 2 heterocycles. The summed E-state index contributed by atoms with van der Waals surface area (Å²) in [6, 6.07) is 24.1. The molecular weight excluding hydrogens is 1060 g/mol. The second kappa shape index (κ2) is 25.1. The smallest absolute Gasteiger partial charge is 0.408 e. The Hall–Kier alpha value is -6.91. The molecule has 0 saturated heterocycles. The number of ether oxygens (including phenoxy) is 2. The zero-order chi connectivity index (χ0) is 57.6. The molecule has 10 rings (SSSR count). The van der Waals surface area contributed by atoms with Crippen molar-refractivity contribution in [3.8, 4) is 0 Å². The highest BCUT2D eigenvalue weighted by atomic mass is 19.4. The number of fused-ring (bicyclic) bond motifs is 2. The number of nitrogens with two attached hydrogens (primary N) is 1. The molecule has 4 fully saturated rings. The Morgan fingerprint density at radius 3 is 1.62 bits per heavy atom. The molecular formula is C59H70F6N8O8. The Balaban J connectivity index is 0.000000198. The van der Waals surface area contributed by atoms with Gasteiger partial charge in [-0.1, -0.05) is 72.8 Å². The number of alkyl carbamates (subject to hydrolysis) is 2. The number of hydrogen-bond donors (Lipinski definition) is 6. The number of carboxylic acid groups (broad SMARTS) is 1. The Kier molecular flexibility index (Phi) is 18.2. The summed E-state index contributed by atoms with van der Waals surface area (Å²) in [7, 11) is 0. The van der Waals surface area contributed by atoms with Gasteiger partial charge in [-0.3, -0.25) is 4.90 Å². The molecule has 4 aromatic carbocycles. The van der Waals surface area contributed by atoms with Crippen molar-refractivity contribution >= 4 is 40.5 Å². The van der Waals surface area contributed by atoms with Gasteiger partial charge in [0.05, 0.1) is 0 Å². The SMILES string of the molecule is CC(C)(C)OC(=O)NC[C@@H](NCc1ccc2oc([C@H](C(C3CC3)C3CC3)N(Cc3ccccc3)C(=O)O)nc2c1)C(F)(F)F.NC[C@@H](NCc1ccc2oc([C@@H](NC(=O)OCc3ccccc3)C(C3CC3)C3CC3)nc2c1)C(F)(F)F. The van der Waals surface area contributed by atoms with Crippen LogP contribution in [0, 0.1) is 35.5 Å². The van der Waals surface area contributed by atoms with Crippen LogP contribution in [0.25, 0.3) is 22.2 Å². The molecule has 6 aromatic rings. The lowest BCUT2D eigenvalue weighted by Crippen LogP contribution is -2.50. The second-order valence-corrected chi connectivity index (χ2v) is 22.8. The van der Waals surface area contributed by atoms with Crippen LogP contribution in [0.4, 0.5) is 40.7 Å². The molecule has 7 N–H and O–H groups in total. The van der Waals surface area contributed by atoms with E-state index < -0.39 is 73.5 Å². The fraction of sp³-hybridized carbons (Fsp3) is 0.508. The van der Waals surface area contributed by atoms with E-state index in [1.54, 1.807) is 57.2 Å². The second-order valence-electron chi connectivity index (χ2n) is 22.8. The summed E-state index contributed by atoms with van der Waals surface area (Å²) in [5.74, 6) is 2.78. The average Bonchev–Trinajstić information content (AvgIpc) is 4.15. The first-order valence-electron chi connectivity index (χ1n) is 27.7. The Morgan fingerprint density at radius 2 is 1.14 bits per heavy atom. The third-order valence-electron chi connectivity index (χ3n) is 15.1. The maximum atomic E-state index is 13.7. The minimum atomic E-state index is -4.62. The number of rotatable bonds is 23. The number of halogens is 6. The van der Waals surface area contributed by atoms with Crippen LogP contribution in [-0.4, -0.2) is 81.4 Å². The molecule has 436 valence electrons. The topological polar surface area (TPSA) is 219 Å². The molecule has 3 amide bonds. The number of carbonyl (C=O) groups is 3. The van der Waals surface area contributed by atoms with Gasteiger partial charge in [0.2, 0.25) is 11.8 Å². The summed E-state index contributed by atoms with van der Waals surface area (Å²) < 4.78 is 103. The molecule has 0 unspecified atom stereocenters. The standard InChI is InChI=1S/C32H39F3N4O5.C27H31F3N4O3/c1-31(2,3)44-29(40)37-17-25(32(33,34)35)36-16-20-9-14-24-23(15-20)38-28(43-24)27(26(21-10-11-21)22-12-13-22)39(30(41)42)18-19-7-5-4-6-8-19;28-27(29,30)22(13-31)32-14-17-6-11-21-20(12-17)33-25(37-21)24(23(18-7-8-18)19-9-10-19)34-26(35)36-15-16-4-2-1-3-5-16/h4-9,14-15,21-22,25-27,36H,10-13,16-18H2,1-3H3,(H,37,40)(H,41,42);1-6,11-12,18-19,22-24,32H,7-10,13-15,31H2,(H,34,35)/t25-,27+;22-,24+/m11/s1. The number of carbonyl (C=O) groups excluding carboxylic acids is 2. The maximum Gasteiger partial charge on any atom is 0.408 e. The van der Waals surface area contributed by atoms with Gasteiger partial charge in [-0.05, 0) is 154 Å². The van der Waals surface area contributed by atoms with E-state index >= 15 is 0 Å². The van der Waals surface area contributed by atoms with Gasteiger partial charge in [0.15, 0.2) is 11.2 Å². The van der Waals surface area contributed by atoms with E-state index in [1.165, 1.54) is 4.90 Å². The first-order chi connectivity index (χ1) is 38.6. The summed E-state index contributed by atoms with van der Waals surface area (Å²) in [5, 5.41) is 20.5. The molecule has 81 heavy (non-hydrogen) atoms. The number of benzene rings is 4. The summed E-state index contributed by atoms with van der Waals surface area (Å²) in [6.45, 7) is 3.80. The van der Waals surface area contributed by atoms with Crippen molar-refractivity contribution in [3.05, 3.63) is 131 Å². The number of amides is 3. The van der Waals surface area contributed by atoms with Gasteiger partial charge in [0, 0.05) is 32.7 Å². The molecule has 2 aromatic heterocycles. The summed E-state index contributed by atoms with van der Waals surface area (Å²) in [4.78, 5) is 48.2. The van der Waals surface area contributed by atoms with Gasteiger partial charge in [-0.25, -0.2) is 24.4 Å². The first-order valence-corrected chi connectivity index (χ1v) is 27.7. The van der Waals surface area contributed by atoms with E-state index in [2.05, 4.69) is 26.3 Å². The zero-order valence-electron chi connectivity index (χ0n) is 45.4. The average molecular weight is 1130 g/mol. The molecule has 4 aliphatic rings. The monoisotopic (exact) mass is 1130 g/mol. The molecule has 4 aliphatic carbocycles. The highest BCUT2D eigenvalue weighted by Gasteiger charge is 2.51. The van der Waals surface area contributed by atoms with Crippen molar-refractivity contribution < 1.29 is 64.1 Å². The van der Waals surface area contributed by atoms with Crippen molar-refractivity contribution in [2.45, 2.75) is 140 Å². The largest absolute Gasteiger partial charge is 0.465 e. The van der Waals surface area contributed by atoms with Crippen LogP contribution in [0.3, 0.4) is 0 Å². The summed E-state index contributed by atoms with van der Waals surface area (Å²) in [5.41, 5.74) is 9.26. The Morgan fingerprint density at radius 1 is 0.654 bits per heavy atom. The number of oxazole rings is 2. The molecule has 4 saturated carbocycles. The van der Waals surface area contributed by atoms with Gasteiger partial charge in [0.25, 0.3) is 0 Å². The zero-order valence-corrected chi connectivity index (χ0v) is 45.4. The minimum absolute atomic E-state index is 0.0141. The number of hydrogen-bond acceptors (Lipinski definition) is 12. The van der Waals surface area contributed by atoms with E-state index in [0.29, 0.717) is 68.8 Å². The van der Waals surface area contributed by atoms with Crippen LogP contribution in [0.15, 0.2) is 106 Å². The van der Waals surface area contributed by atoms with Crippen LogP contribution < -0.4 is 27.0 Å². The molecule has 22 heteroatoms. The number of aromatic nitrogens is 2. The van der Waals surface area contributed by atoms with Crippen molar-refractivity contribution in [3.63, 3.8) is 0 Å². The Labute approximate surface area is 465 Å². The van der Waals surface area contributed by atoms with Gasteiger partial charge < -0.3 is 50.4 Å². The number of nitrogens with one attached hydrogen (secondary N) is 4. The third-order valence-corrected chi connectivity index (χ3v) is 15.1. The van der Waals surface area contributed by atoms with Gasteiger partial charge >= 0.3 is 30.6 Å². The van der Waals surface area contributed by atoms with Crippen LogP contribution in [0.2, 0.25) is 0 Å². The van der Waals surface area contributed by atoms with E-state index in [9.17, 15) is 45.8 Å². The van der Waals surface area contributed by atoms with E-state index in [1.807, 2.05) is 60.7 Å². The van der Waals surface area contributed by atoms with Gasteiger partial charge in [-0.2, -0.15) is 26.3 Å². The molecule has 0 radical (unpaired) electrons. The highest BCUT2D eigenvalue weighted by molar-refractivity contribution is 5.75. The summed E-state index contributed by atoms with van der Waals surface area (Å²) in [6.07, 6.45) is -2.99. The normalized spacial score (nSPS) is 17.3. The molecule has 4 atom stereocenters. The lowest BCUT2D eigenvalue weighted by atomic mass is 9.88. The van der Waals surface area contributed by atoms with E-state index in [4.69, 9.17) is 29.0 Å². The predicted molar refractivity (Wildman–Crippen MR) is 288 cm³/mol. The van der Waals surface area contributed by atoms with Crippen LogP contribution in [0.1, 0.15) is 118 Å². The highest BCUT2D eigenvalue weighted by Crippen LogP contribution is 2.56. The van der Waals surface area contributed by atoms with Crippen molar-refractivity contribution in [1.82, 2.24) is 36.1 Å². The third kappa shape index (κ3) is 16.4. The van der Waals surface area contributed by atoms with Crippen molar-refractivity contribution in [2.24, 2.45) is 41.2 Å². The predicted octanol–water partition coefficient (Wildman–Crippen LogP) is 12.2. The fourth-order valence-electron chi connectivity index (χ4n) is 10.6. The molecule has 0 spiro atoms. The lowest BCUT2D eigenvalue weighted by molar-refractivity contribution is -0.155. The minimum Gasteiger partial charge on any atom is -0.465 e. The van der Waals surface area contributed by atoms with Crippen molar-refractivity contribution in [2.75, 3.05) is 13.1 Å². The molecule has 16 nitrogen and oxygen atoms in total. The summed E-state index contributed by atoms with van der Waals surface area (Å²) >= 11 is 0. The van der Waals surface area contributed by atoms with E-state index in [-0.39, 0.29) is 38.1 Å². The van der Waals surface area contributed by atoms with Crippen molar-refractivity contribution in [1.29, 1.82) is 0 Å². The van der Waals surface area contributed by atoms with Gasteiger partial charge in [0.1, 0.15) is 47.4 Å². The quantitative estimate of drug-likeness (QED) is 0.0329. The van der Waals surface area contributed by atoms with Crippen LogP contribution >= 0.6 is 0 Å². The number of alkyl halides is 6. The molecule has 0 bridgehead atoms. The van der Waals surface area contributed by atoms with Gasteiger partial charge in [-0.15, -0.1) is 0 Å². The van der Waals surface area contributed by atoms with E-state index in [0.717, 1.165) is 62.5 Å². The van der Waals surface area contributed by atoms with Crippen LogP contribution in [-0.2, 0) is 35.7 Å². The van der Waals surface area contributed by atoms with Crippen LogP contribution in [0.5, 0.6) is 0 Å². The lowest BCUT2D eigenvalue weighted by Gasteiger charge is -2.34.